The van der Waals surface area contributed by atoms with Gasteiger partial charge < -0.3 is 9.64 Å². The fourth-order valence-corrected chi connectivity index (χ4v) is 4.51. The van der Waals surface area contributed by atoms with Gasteiger partial charge in [-0.15, -0.1) is 0 Å². The van der Waals surface area contributed by atoms with Crippen LogP contribution in [0, 0.1) is 0 Å². The van der Waals surface area contributed by atoms with Gasteiger partial charge >= 0.3 is 0 Å². The predicted octanol–water partition coefficient (Wildman–Crippen LogP) is 3.81. The molecule has 0 fully saturated rings. The highest BCUT2D eigenvalue weighted by molar-refractivity contribution is 9.10. The van der Waals surface area contributed by atoms with Crippen molar-refractivity contribution in [3.05, 3.63) is 58.1 Å². The lowest BCUT2D eigenvalue weighted by Gasteiger charge is -2.22. The van der Waals surface area contributed by atoms with Crippen LogP contribution in [0.2, 0.25) is 0 Å². The molecular formula is C20H25BrN2O4S. The van der Waals surface area contributed by atoms with Gasteiger partial charge in [-0.1, -0.05) is 28.1 Å². The Kier molecular flexibility index (Phi) is 6.90. The van der Waals surface area contributed by atoms with Gasteiger partial charge in [0.2, 0.25) is 10.0 Å². The summed E-state index contributed by atoms with van der Waals surface area (Å²) in [6.45, 7) is 5.65. The summed E-state index contributed by atoms with van der Waals surface area (Å²) in [5, 5.41) is 0. The van der Waals surface area contributed by atoms with E-state index in [1.54, 1.807) is 38.8 Å². The normalized spacial score (nSPS) is 11.9. The maximum atomic E-state index is 12.8. The van der Waals surface area contributed by atoms with Crippen molar-refractivity contribution in [1.29, 1.82) is 0 Å². The van der Waals surface area contributed by atoms with Crippen LogP contribution in [0.1, 0.15) is 36.7 Å². The number of sulfonamides is 1. The smallest absolute Gasteiger partial charge is 0.253 e. The molecule has 2 rings (SSSR count). The minimum atomic E-state index is -3.86. The molecule has 152 valence electrons. The van der Waals surface area contributed by atoms with E-state index in [1.807, 2.05) is 24.3 Å². The molecule has 2 aromatic carbocycles. The summed E-state index contributed by atoms with van der Waals surface area (Å²) in [5.41, 5.74) is 0.576. The van der Waals surface area contributed by atoms with E-state index in [9.17, 15) is 13.2 Å². The quantitative estimate of drug-likeness (QED) is 0.699. The number of ether oxygens (including phenoxy) is 1. The second-order valence-electron chi connectivity index (χ2n) is 7.51. The van der Waals surface area contributed by atoms with E-state index in [0.29, 0.717) is 6.54 Å². The first-order valence-electron chi connectivity index (χ1n) is 8.65. The Morgan fingerprint density at radius 3 is 2.29 bits per heavy atom. The zero-order valence-corrected chi connectivity index (χ0v) is 19.0. The molecule has 8 heteroatoms. The van der Waals surface area contributed by atoms with Gasteiger partial charge in [0.05, 0.1) is 7.11 Å². The molecule has 0 aliphatic rings. The fourth-order valence-electron chi connectivity index (χ4n) is 2.63. The molecule has 2 aromatic rings. The van der Waals surface area contributed by atoms with E-state index in [2.05, 4.69) is 20.7 Å². The number of nitrogens with zero attached hydrogens (tertiary/aromatic N) is 1. The first-order valence-corrected chi connectivity index (χ1v) is 10.9. The summed E-state index contributed by atoms with van der Waals surface area (Å²) in [7, 11) is -0.785. The summed E-state index contributed by atoms with van der Waals surface area (Å²) >= 11 is 3.38. The van der Waals surface area contributed by atoms with Crippen molar-refractivity contribution in [2.75, 3.05) is 14.2 Å². The van der Waals surface area contributed by atoms with Crippen molar-refractivity contribution in [3.63, 3.8) is 0 Å². The number of hydrogen-bond acceptors (Lipinski definition) is 4. The van der Waals surface area contributed by atoms with E-state index in [4.69, 9.17) is 4.74 Å². The van der Waals surface area contributed by atoms with Gasteiger partial charge in [0.1, 0.15) is 10.6 Å². The van der Waals surface area contributed by atoms with Crippen LogP contribution < -0.4 is 9.46 Å². The van der Waals surface area contributed by atoms with Crippen molar-refractivity contribution in [2.24, 2.45) is 0 Å². The van der Waals surface area contributed by atoms with Crippen molar-refractivity contribution in [3.8, 4) is 5.75 Å². The third kappa shape index (κ3) is 5.80. The Hall–Kier alpha value is -1.90. The highest BCUT2D eigenvalue weighted by Gasteiger charge is 2.27. The predicted molar refractivity (Wildman–Crippen MR) is 113 cm³/mol. The van der Waals surface area contributed by atoms with Crippen LogP contribution in [0.5, 0.6) is 5.75 Å². The Morgan fingerprint density at radius 2 is 1.75 bits per heavy atom. The molecule has 0 aromatic heterocycles. The van der Waals surface area contributed by atoms with Crippen molar-refractivity contribution in [1.82, 2.24) is 9.62 Å². The van der Waals surface area contributed by atoms with E-state index in [1.165, 1.54) is 19.2 Å². The lowest BCUT2D eigenvalue weighted by molar-refractivity contribution is 0.0785. The minimum absolute atomic E-state index is 0.0622. The van der Waals surface area contributed by atoms with E-state index >= 15 is 0 Å². The van der Waals surface area contributed by atoms with Crippen LogP contribution in [0.4, 0.5) is 0 Å². The zero-order valence-electron chi connectivity index (χ0n) is 16.6. The van der Waals surface area contributed by atoms with Crippen LogP contribution >= 0.6 is 15.9 Å². The molecule has 0 unspecified atom stereocenters. The summed E-state index contributed by atoms with van der Waals surface area (Å²) in [4.78, 5) is 14.3. The molecular weight excluding hydrogens is 444 g/mol. The molecule has 1 amide bonds. The molecule has 1 N–H and O–H groups in total. The van der Waals surface area contributed by atoms with Crippen LogP contribution in [0.3, 0.4) is 0 Å². The summed E-state index contributed by atoms with van der Waals surface area (Å²) in [5.74, 6) is -0.0957. The lowest BCUT2D eigenvalue weighted by Crippen LogP contribution is -2.40. The standard InChI is InChI=1S/C20H25BrN2O4S/c1-20(2,3)22-28(25,26)18-12-15(8-11-17(18)27-5)19(24)23(4)13-14-6-9-16(21)10-7-14/h6-12,22H,13H2,1-5H3. The molecule has 6 nitrogen and oxygen atoms in total. The maximum Gasteiger partial charge on any atom is 0.253 e. The Morgan fingerprint density at radius 1 is 1.14 bits per heavy atom. The Balaban J connectivity index is 2.33. The van der Waals surface area contributed by atoms with Gasteiger partial charge in [-0.3, -0.25) is 4.79 Å². The lowest BCUT2D eigenvalue weighted by atomic mass is 10.1. The van der Waals surface area contributed by atoms with Gasteiger partial charge in [0.15, 0.2) is 0 Å². The number of carbonyl (C=O) groups excluding carboxylic acids is 1. The van der Waals surface area contributed by atoms with Gasteiger partial charge in [-0.05, 0) is 56.7 Å². The van der Waals surface area contributed by atoms with Crippen LogP contribution in [0.15, 0.2) is 51.8 Å². The van der Waals surface area contributed by atoms with E-state index < -0.39 is 15.6 Å². The Bertz CT molecular complexity index is 951. The topological polar surface area (TPSA) is 75.7 Å². The fraction of sp³-hybridized carbons (Fsp3) is 0.350. The SMILES string of the molecule is COc1ccc(C(=O)N(C)Cc2ccc(Br)cc2)cc1S(=O)(=O)NC(C)(C)C. The van der Waals surface area contributed by atoms with Gasteiger partial charge in [0, 0.05) is 29.2 Å². The Labute approximate surface area is 175 Å². The molecule has 0 saturated heterocycles. The van der Waals surface area contributed by atoms with Crippen LogP contribution in [0.25, 0.3) is 0 Å². The van der Waals surface area contributed by atoms with Gasteiger partial charge in [-0.25, -0.2) is 13.1 Å². The highest BCUT2D eigenvalue weighted by atomic mass is 79.9. The van der Waals surface area contributed by atoms with Crippen molar-refractivity contribution >= 4 is 31.9 Å². The number of benzene rings is 2. The monoisotopic (exact) mass is 468 g/mol. The average molecular weight is 469 g/mol. The van der Waals surface area contributed by atoms with Gasteiger partial charge in [0.25, 0.3) is 5.91 Å². The van der Waals surface area contributed by atoms with Gasteiger partial charge in [-0.2, -0.15) is 0 Å². The summed E-state index contributed by atoms with van der Waals surface area (Å²) in [6, 6.07) is 12.1. The van der Waals surface area contributed by atoms with E-state index in [0.717, 1.165) is 10.0 Å². The largest absolute Gasteiger partial charge is 0.495 e. The molecule has 0 bridgehead atoms. The van der Waals surface area contributed by atoms with Crippen molar-refractivity contribution < 1.29 is 17.9 Å². The third-order valence-corrected chi connectivity index (χ3v) is 6.13. The number of hydrogen-bond donors (Lipinski definition) is 1. The van der Waals surface area contributed by atoms with Crippen LogP contribution in [-0.2, 0) is 16.6 Å². The third-order valence-electron chi connectivity index (χ3n) is 3.82. The maximum absolute atomic E-state index is 12.8. The average Bonchev–Trinajstić information content (AvgIpc) is 2.60. The summed E-state index contributed by atoms with van der Waals surface area (Å²) < 4.78 is 34.3. The molecule has 0 heterocycles. The number of methoxy groups -OCH3 is 1. The highest BCUT2D eigenvalue weighted by Crippen LogP contribution is 2.26. The molecule has 0 spiro atoms. The minimum Gasteiger partial charge on any atom is -0.495 e. The van der Waals surface area contributed by atoms with Crippen molar-refractivity contribution in [2.45, 2.75) is 37.8 Å². The molecule has 0 radical (unpaired) electrons. The first-order chi connectivity index (χ1) is 12.9. The second-order valence-corrected chi connectivity index (χ2v) is 10.1. The molecule has 0 aliphatic carbocycles. The zero-order chi connectivity index (χ0) is 21.1. The van der Waals surface area contributed by atoms with Crippen LogP contribution in [-0.4, -0.2) is 38.9 Å². The number of halogens is 1. The molecule has 0 saturated carbocycles. The number of carbonyl (C=O) groups is 1. The number of nitrogens with one attached hydrogen (secondary N) is 1. The molecule has 28 heavy (non-hydrogen) atoms. The summed E-state index contributed by atoms with van der Waals surface area (Å²) in [6.07, 6.45) is 0. The van der Waals surface area contributed by atoms with E-state index in [-0.39, 0.29) is 22.1 Å². The second kappa shape index (κ2) is 8.63. The first kappa shape index (κ1) is 22.4. The molecule has 0 atom stereocenters. The number of amides is 1. The number of rotatable bonds is 6. The molecule has 0 aliphatic heterocycles.